The van der Waals surface area contributed by atoms with E-state index in [1.165, 1.54) is 16.7 Å². The Kier molecular flexibility index (Phi) is 7.18. The van der Waals surface area contributed by atoms with Crippen LogP contribution in [0.1, 0.15) is 12.8 Å². The first kappa shape index (κ1) is 25.1. The van der Waals surface area contributed by atoms with Gasteiger partial charge in [0.2, 0.25) is 10.0 Å². The Bertz CT molecular complexity index is 1620. The fourth-order valence-electron chi connectivity index (χ4n) is 4.06. The van der Waals surface area contributed by atoms with Crippen LogP contribution >= 0.6 is 0 Å². The van der Waals surface area contributed by atoms with Crippen LogP contribution in [0.25, 0.3) is 22.0 Å². The van der Waals surface area contributed by atoms with E-state index in [0.29, 0.717) is 10.9 Å². The molecule has 1 aromatic heterocycles. The summed E-state index contributed by atoms with van der Waals surface area (Å²) in [5, 5.41) is 9.98. The lowest BCUT2D eigenvalue weighted by Gasteiger charge is -2.16. The minimum atomic E-state index is -4.12. The highest BCUT2D eigenvalue weighted by Crippen LogP contribution is 2.21. The van der Waals surface area contributed by atoms with Crippen molar-refractivity contribution in [1.82, 2.24) is 13.9 Å². The van der Waals surface area contributed by atoms with Crippen LogP contribution in [0.2, 0.25) is 0 Å². The second-order valence-electron chi connectivity index (χ2n) is 8.36. The van der Waals surface area contributed by atoms with Crippen LogP contribution in [0.3, 0.4) is 0 Å². The van der Waals surface area contributed by atoms with E-state index in [9.17, 15) is 27.9 Å². The summed E-state index contributed by atoms with van der Waals surface area (Å²) in [6, 6.07) is 20.9. The third-order valence-corrected chi connectivity index (χ3v) is 7.49. The molecule has 0 aliphatic carbocycles. The van der Waals surface area contributed by atoms with Crippen LogP contribution < -0.4 is 16.0 Å². The van der Waals surface area contributed by atoms with Gasteiger partial charge in [-0.25, -0.2) is 13.2 Å². The van der Waals surface area contributed by atoms with Crippen molar-refractivity contribution >= 4 is 26.9 Å². The lowest BCUT2D eigenvalue weighted by atomic mass is 10.1. The number of benzene rings is 3. The number of nitrogens with zero attached hydrogens (tertiary/aromatic N) is 2. The fourth-order valence-corrected chi connectivity index (χ4v) is 5.28. The average Bonchev–Trinajstić information content (AvgIpc) is 2.89. The third-order valence-electron chi connectivity index (χ3n) is 6.00. The molecule has 0 saturated carbocycles. The maximum atomic E-state index is 12.8. The SMILES string of the molecule is Cn1c(=O)n(CCC[C@@H](NS(=O)(=O)c2ccc(-c3ccccc3)cc2)C(=O)O)c(=O)c2ccccc21. The van der Waals surface area contributed by atoms with Crippen LogP contribution in [0.4, 0.5) is 0 Å². The Hall–Kier alpha value is -4.02. The Morgan fingerprint density at radius 1 is 0.917 bits per heavy atom. The normalized spacial score (nSPS) is 12.5. The summed E-state index contributed by atoms with van der Waals surface area (Å²) in [4.78, 5) is 37.2. The Morgan fingerprint density at radius 3 is 2.19 bits per heavy atom. The van der Waals surface area contributed by atoms with Crippen LogP contribution in [-0.4, -0.2) is 34.7 Å². The number of nitrogens with one attached hydrogen (secondary N) is 1. The largest absolute Gasteiger partial charge is 0.480 e. The van der Waals surface area contributed by atoms with Crippen molar-refractivity contribution in [3.8, 4) is 11.1 Å². The molecule has 3 aromatic carbocycles. The Balaban J connectivity index is 1.48. The molecule has 1 atom stereocenters. The second kappa shape index (κ2) is 10.3. The van der Waals surface area contributed by atoms with Crippen molar-refractivity contribution in [3.63, 3.8) is 0 Å². The van der Waals surface area contributed by atoms with Gasteiger partial charge in [0.05, 0.1) is 15.8 Å². The predicted octanol–water partition coefficient (Wildman–Crippen LogP) is 2.58. The van der Waals surface area contributed by atoms with Gasteiger partial charge in [-0.3, -0.25) is 18.7 Å². The highest BCUT2D eigenvalue weighted by molar-refractivity contribution is 7.89. The monoisotopic (exact) mass is 507 g/mol. The van der Waals surface area contributed by atoms with E-state index in [4.69, 9.17) is 0 Å². The zero-order valence-electron chi connectivity index (χ0n) is 19.5. The van der Waals surface area contributed by atoms with E-state index < -0.39 is 33.3 Å². The van der Waals surface area contributed by atoms with Gasteiger partial charge in [0.15, 0.2) is 0 Å². The fraction of sp³-hybridized carbons (Fsp3) is 0.192. The van der Waals surface area contributed by atoms with Gasteiger partial charge in [-0.1, -0.05) is 54.6 Å². The molecule has 0 amide bonds. The van der Waals surface area contributed by atoms with Crippen LogP contribution in [-0.2, 0) is 28.4 Å². The van der Waals surface area contributed by atoms with Crippen molar-refractivity contribution in [3.05, 3.63) is 99.7 Å². The smallest absolute Gasteiger partial charge is 0.331 e. The number of aryl methyl sites for hydroxylation is 1. The average molecular weight is 508 g/mol. The first-order valence-electron chi connectivity index (χ1n) is 11.3. The van der Waals surface area contributed by atoms with E-state index in [0.717, 1.165) is 15.7 Å². The van der Waals surface area contributed by atoms with E-state index in [1.807, 2.05) is 30.3 Å². The zero-order valence-corrected chi connectivity index (χ0v) is 20.3. The summed E-state index contributed by atoms with van der Waals surface area (Å²) in [5.41, 5.74) is 1.25. The van der Waals surface area contributed by atoms with Gasteiger partial charge in [0.25, 0.3) is 5.56 Å². The predicted molar refractivity (Wildman–Crippen MR) is 136 cm³/mol. The van der Waals surface area contributed by atoms with Gasteiger partial charge >= 0.3 is 11.7 Å². The maximum absolute atomic E-state index is 12.8. The number of rotatable bonds is 9. The van der Waals surface area contributed by atoms with Gasteiger partial charge in [-0.05, 0) is 48.2 Å². The van der Waals surface area contributed by atoms with E-state index in [-0.39, 0.29) is 24.3 Å². The molecule has 0 radical (unpaired) electrons. The summed E-state index contributed by atoms with van der Waals surface area (Å²) in [6.45, 7) is -0.0480. The second-order valence-corrected chi connectivity index (χ2v) is 10.1. The van der Waals surface area contributed by atoms with Gasteiger partial charge in [-0.15, -0.1) is 0 Å². The van der Waals surface area contributed by atoms with Crippen molar-refractivity contribution < 1.29 is 18.3 Å². The van der Waals surface area contributed by atoms with Gasteiger partial charge in [0.1, 0.15) is 6.04 Å². The topological polar surface area (TPSA) is 127 Å². The molecule has 0 aliphatic heterocycles. The molecule has 4 aromatic rings. The lowest BCUT2D eigenvalue weighted by Crippen LogP contribution is -2.42. The molecular weight excluding hydrogens is 482 g/mol. The van der Waals surface area contributed by atoms with E-state index in [1.54, 1.807) is 43.4 Å². The van der Waals surface area contributed by atoms with Gasteiger partial charge < -0.3 is 5.11 Å². The molecule has 0 bridgehead atoms. The minimum Gasteiger partial charge on any atom is -0.480 e. The first-order valence-corrected chi connectivity index (χ1v) is 12.8. The van der Waals surface area contributed by atoms with E-state index >= 15 is 0 Å². The lowest BCUT2D eigenvalue weighted by molar-refractivity contribution is -0.139. The number of carbonyl (C=O) groups is 1. The number of sulfonamides is 1. The number of hydrogen-bond donors (Lipinski definition) is 2. The zero-order chi connectivity index (χ0) is 25.9. The number of para-hydroxylation sites is 1. The number of aromatic nitrogens is 2. The molecule has 2 N–H and O–H groups in total. The molecule has 4 rings (SSSR count). The molecule has 0 unspecified atom stereocenters. The number of aliphatic carboxylic acids is 1. The van der Waals surface area contributed by atoms with Crippen molar-refractivity contribution in [1.29, 1.82) is 0 Å². The quantitative estimate of drug-likeness (QED) is 0.359. The highest BCUT2D eigenvalue weighted by Gasteiger charge is 2.25. The maximum Gasteiger partial charge on any atom is 0.331 e. The Labute approximate surface area is 207 Å². The number of carboxylic acids is 1. The molecule has 0 saturated heterocycles. The summed E-state index contributed by atoms with van der Waals surface area (Å²) in [7, 11) is -2.56. The summed E-state index contributed by atoms with van der Waals surface area (Å²) < 4.78 is 30.3. The molecular formula is C26H25N3O6S. The van der Waals surface area contributed by atoms with E-state index in [2.05, 4.69) is 4.72 Å². The molecule has 10 heteroatoms. The Morgan fingerprint density at radius 2 is 1.53 bits per heavy atom. The number of hydrogen-bond acceptors (Lipinski definition) is 5. The first-order chi connectivity index (χ1) is 17.2. The third kappa shape index (κ3) is 5.14. The standard InChI is InChI=1S/C26H25N3O6S/c1-28-23-12-6-5-10-21(23)24(30)29(26(28)33)17-7-11-22(25(31)32)27-36(34,35)20-15-13-19(14-16-20)18-8-3-2-4-9-18/h2-6,8-10,12-16,22,27H,7,11,17H2,1H3,(H,31,32)/t22-/m1/s1. The summed E-state index contributed by atoms with van der Waals surface area (Å²) >= 11 is 0. The highest BCUT2D eigenvalue weighted by atomic mass is 32.2. The number of carboxylic acid groups (broad SMARTS) is 1. The summed E-state index contributed by atoms with van der Waals surface area (Å²) in [5.74, 6) is -1.35. The summed E-state index contributed by atoms with van der Waals surface area (Å²) in [6.07, 6.45) is -0.0149. The van der Waals surface area contributed by atoms with Crippen LogP contribution in [0.15, 0.2) is 93.3 Å². The number of fused-ring (bicyclic) bond motifs is 1. The van der Waals surface area contributed by atoms with Crippen molar-refractivity contribution in [2.45, 2.75) is 30.3 Å². The van der Waals surface area contributed by atoms with Crippen LogP contribution in [0, 0.1) is 0 Å². The molecule has 186 valence electrons. The molecule has 0 fully saturated rings. The molecule has 36 heavy (non-hydrogen) atoms. The molecule has 9 nitrogen and oxygen atoms in total. The van der Waals surface area contributed by atoms with Crippen LogP contribution in [0.5, 0.6) is 0 Å². The van der Waals surface area contributed by atoms with Gasteiger partial charge in [-0.2, -0.15) is 4.72 Å². The molecule has 0 spiro atoms. The van der Waals surface area contributed by atoms with Crippen molar-refractivity contribution in [2.75, 3.05) is 0 Å². The van der Waals surface area contributed by atoms with Crippen molar-refractivity contribution in [2.24, 2.45) is 7.05 Å². The molecule has 0 aliphatic rings. The van der Waals surface area contributed by atoms with Gasteiger partial charge in [0, 0.05) is 13.6 Å². The minimum absolute atomic E-state index is 0.0480. The molecule has 1 heterocycles.